The van der Waals surface area contributed by atoms with Crippen molar-refractivity contribution in [2.45, 2.75) is 19.4 Å². The van der Waals surface area contributed by atoms with Crippen molar-refractivity contribution in [1.82, 2.24) is 20.0 Å². The van der Waals surface area contributed by atoms with Crippen LogP contribution >= 0.6 is 0 Å². The van der Waals surface area contributed by atoms with Gasteiger partial charge in [0.25, 0.3) is 0 Å². The molecule has 0 saturated heterocycles. The highest BCUT2D eigenvalue weighted by Gasteiger charge is 2.20. The fraction of sp³-hybridized carbons (Fsp3) is 0.176. The summed E-state index contributed by atoms with van der Waals surface area (Å²) in [6.07, 6.45) is 5.02. The summed E-state index contributed by atoms with van der Waals surface area (Å²) in [7, 11) is 0. The van der Waals surface area contributed by atoms with E-state index in [1.807, 2.05) is 24.3 Å². The number of carbonyl (C=O) groups is 1. The van der Waals surface area contributed by atoms with Crippen molar-refractivity contribution in [3.8, 4) is 11.3 Å². The van der Waals surface area contributed by atoms with Crippen molar-refractivity contribution < 1.29 is 9.90 Å². The molecule has 0 radical (unpaired) electrons. The predicted molar refractivity (Wildman–Crippen MR) is 85.0 cm³/mol. The smallest absolute Gasteiger partial charge is 0.358 e. The minimum absolute atomic E-state index is 0.0438. The van der Waals surface area contributed by atoms with Crippen molar-refractivity contribution in [1.29, 1.82) is 0 Å². The molecule has 0 fully saturated rings. The highest BCUT2D eigenvalue weighted by molar-refractivity contribution is 5.92. The van der Waals surface area contributed by atoms with Crippen LogP contribution < -0.4 is 0 Å². The molecule has 0 aliphatic carbocycles. The van der Waals surface area contributed by atoms with E-state index in [-0.39, 0.29) is 5.69 Å². The molecule has 0 atom stereocenters. The summed E-state index contributed by atoms with van der Waals surface area (Å²) in [4.78, 5) is 15.4. The minimum Gasteiger partial charge on any atom is -0.476 e. The van der Waals surface area contributed by atoms with E-state index >= 15 is 0 Å². The SMILES string of the molecule is O=C(O)c1nnn(CCCc2ccccc2)c1-c1cccnc1. The van der Waals surface area contributed by atoms with Gasteiger partial charge in [-0.15, -0.1) is 5.10 Å². The van der Waals surface area contributed by atoms with E-state index < -0.39 is 5.97 Å². The van der Waals surface area contributed by atoms with Gasteiger partial charge in [0.2, 0.25) is 0 Å². The lowest BCUT2D eigenvalue weighted by atomic mass is 10.1. The first-order valence-corrected chi connectivity index (χ1v) is 7.37. The monoisotopic (exact) mass is 308 g/mol. The molecule has 3 rings (SSSR count). The van der Waals surface area contributed by atoms with Crippen LogP contribution in [0.5, 0.6) is 0 Å². The molecule has 1 aromatic carbocycles. The molecule has 116 valence electrons. The fourth-order valence-corrected chi connectivity index (χ4v) is 2.48. The average Bonchev–Trinajstić information content (AvgIpc) is 3.01. The van der Waals surface area contributed by atoms with Crippen molar-refractivity contribution in [2.24, 2.45) is 0 Å². The molecular formula is C17H16N4O2. The third-order valence-corrected chi connectivity index (χ3v) is 3.55. The quantitative estimate of drug-likeness (QED) is 0.757. The van der Waals surface area contributed by atoms with Crippen LogP contribution in [0.4, 0.5) is 0 Å². The first-order chi connectivity index (χ1) is 11.3. The maximum Gasteiger partial charge on any atom is 0.358 e. The minimum atomic E-state index is -1.09. The second-order valence-electron chi connectivity index (χ2n) is 5.15. The number of aromatic carboxylic acids is 1. The number of hydrogen-bond donors (Lipinski definition) is 1. The molecule has 6 nitrogen and oxygen atoms in total. The van der Waals surface area contributed by atoms with Gasteiger partial charge in [-0.25, -0.2) is 9.48 Å². The molecule has 0 unspecified atom stereocenters. The second-order valence-corrected chi connectivity index (χ2v) is 5.15. The summed E-state index contributed by atoms with van der Waals surface area (Å²) in [5, 5.41) is 17.1. The van der Waals surface area contributed by atoms with Crippen LogP contribution in [0.3, 0.4) is 0 Å². The van der Waals surface area contributed by atoms with Crippen molar-refractivity contribution in [3.05, 3.63) is 66.1 Å². The van der Waals surface area contributed by atoms with Crippen LogP contribution in [0.15, 0.2) is 54.9 Å². The maximum atomic E-state index is 11.4. The third-order valence-electron chi connectivity index (χ3n) is 3.55. The Bertz CT molecular complexity index is 785. The Kier molecular flexibility index (Phi) is 4.42. The summed E-state index contributed by atoms with van der Waals surface area (Å²) in [5.74, 6) is -1.09. The van der Waals surface area contributed by atoms with E-state index in [4.69, 9.17) is 0 Å². The molecule has 23 heavy (non-hydrogen) atoms. The molecule has 0 amide bonds. The largest absolute Gasteiger partial charge is 0.476 e. The average molecular weight is 308 g/mol. The zero-order chi connectivity index (χ0) is 16.1. The van der Waals surface area contributed by atoms with Gasteiger partial charge in [0.05, 0.1) is 0 Å². The number of rotatable bonds is 6. The van der Waals surface area contributed by atoms with Crippen LogP contribution in [0, 0.1) is 0 Å². The Morgan fingerprint density at radius 2 is 1.96 bits per heavy atom. The normalized spacial score (nSPS) is 10.6. The number of hydrogen-bond acceptors (Lipinski definition) is 4. The first kappa shape index (κ1) is 14.9. The summed E-state index contributed by atoms with van der Waals surface area (Å²) < 4.78 is 1.64. The molecule has 0 aliphatic rings. The van der Waals surface area contributed by atoms with E-state index in [0.717, 1.165) is 12.8 Å². The number of benzene rings is 1. The van der Waals surface area contributed by atoms with Crippen LogP contribution in [-0.2, 0) is 13.0 Å². The Labute approximate surface area is 133 Å². The lowest BCUT2D eigenvalue weighted by molar-refractivity contribution is 0.0691. The van der Waals surface area contributed by atoms with Crippen LogP contribution in [-0.4, -0.2) is 31.1 Å². The Balaban J connectivity index is 1.81. The second kappa shape index (κ2) is 6.83. The number of aryl methyl sites for hydroxylation is 2. The van der Waals surface area contributed by atoms with Crippen molar-refractivity contribution in [2.75, 3.05) is 0 Å². The lowest BCUT2D eigenvalue weighted by Gasteiger charge is -2.07. The van der Waals surface area contributed by atoms with E-state index in [1.54, 1.807) is 23.1 Å². The standard InChI is InChI=1S/C17H16N4O2/c22-17(23)15-16(14-9-4-10-18-12-14)21(20-19-15)11-5-8-13-6-2-1-3-7-13/h1-4,6-7,9-10,12H,5,8,11H2,(H,22,23). The van der Waals surface area contributed by atoms with Crippen LogP contribution in [0.2, 0.25) is 0 Å². The molecule has 2 heterocycles. The van der Waals surface area contributed by atoms with E-state index in [1.165, 1.54) is 5.56 Å². The van der Waals surface area contributed by atoms with Gasteiger partial charge >= 0.3 is 5.97 Å². The van der Waals surface area contributed by atoms with Gasteiger partial charge in [-0.3, -0.25) is 4.98 Å². The number of aromatic nitrogens is 4. The summed E-state index contributed by atoms with van der Waals surface area (Å²) in [5.41, 5.74) is 2.40. The maximum absolute atomic E-state index is 11.4. The summed E-state index contributed by atoms with van der Waals surface area (Å²) >= 11 is 0. The predicted octanol–water partition coefficient (Wildman–Crippen LogP) is 2.67. The zero-order valence-corrected chi connectivity index (χ0v) is 12.5. The van der Waals surface area contributed by atoms with Gasteiger partial charge in [-0.1, -0.05) is 35.5 Å². The number of nitrogens with zero attached hydrogens (tertiary/aromatic N) is 4. The molecule has 0 aliphatic heterocycles. The van der Waals surface area contributed by atoms with E-state index in [2.05, 4.69) is 27.4 Å². The Hall–Kier alpha value is -3.02. The number of carboxylic acids is 1. The van der Waals surface area contributed by atoms with Gasteiger partial charge in [0, 0.05) is 24.5 Å². The molecular weight excluding hydrogens is 292 g/mol. The van der Waals surface area contributed by atoms with Crippen molar-refractivity contribution >= 4 is 5.97 Å². The third kappa shape index (κ3) is 3.42. The molecule has 2 aromatic heterocycles. The molecule has 1 N–H and O–H groups in total. The molecule has 3 aromatic rings. The van der Waals surface area contributed by atoms with Gasteiger partial charge in [-0.05, 0) is 30.5 Å². The summed E-state index contributed by atoms with van der Waals surface area (Å²) in [6, 6.07) is 13.7. The topological polar surface area (TPSA) is 80.9 Å². The zero-order valence-electron chi connectivity index (χ0n) is 12.5. The molecule has 0 bridgehead atoms. The van der Waals surface area contributed by atoms with Crippen LogP contribution in [0.25, 0.3) is 11.3 Å². The van der Waals surface area contributed by atoms with Gasteiger partial charge in [-0.2, -0.15) is 0 Å². The number of pyridine rings is 1. The highest BCUT2D eigenvalue weighted by atomic mass is 16.4. The molecule has 6 heteroatoms. The van der Waals surface area contributed by atoms with Gasteiger partial charge in [0.1, 0.15) is 5.69 Å². The number of carboxylic acid groups (broad SMARTS) is 1. The highest BCUT2D eigenvalue weighted by Crippen LogP contribution is 2.21. The molecule has 0 spiro atoms. The molecule has 0 saturated carbocycles. The van der Waals surface area contributed by atoms with Crippen LogP contribution in [0.1, 0.15) is 22.5 Å². The first-order valence-electron chi connectivity index (χ1n) is 7.37. The lowest BCUT2D eigenvalue weighted by Crippen LogP contribution is -2.06. The van der Waals surface area contributed by atoms with Gasteiger partial charge in [0.15, 0.2) is 5.69 Å². The fourth-order valence-electron chi connectivity index (χ4n) is 2.48. The van der Waals surface area contributed by atoms with Gasteiger partial charge < -0.3 is 5.11 Å². The van der Waals surface area contributed by atoms with Crippen molar-refractivity contribution in [3.63, 3.8) is 0 Å². The van der Waals surface area contributed by atoms with E-state index in [0.29, 0.717) is 17.8 Å². The Morgan fingerprint density at radius 1 is 1.13 bits per heavy atom. The summed E-state index contributed by atoms with van der Waals surface area (Å²) in [6.45, 7) is 0.597. The Morgan fingerprint density at radius 3 is 2.65 bits per heavy atom. The van der Waals surface area contributed by atoms with E-state index in [9.17, 15) is 9.90 Å².